The summed E-state index contributed by atoms with van der Waals surface area (Å²) in [6.45, 7) is 3.79. The number of aromatic nitrogens is 2. The van der Waals surface area contributed by atoms with Crippen molar-refractivity contribution in [1.29, 1.82) is 0 Å². The lowest BCUT2D eigenvalue weighted by atomic mass is 10.1. The van der Waals surface area contributed by atoms with Gasteiger partial charge in [-0.3, -0.25) is 0 Å². The van der Waals surface area contributed by atoms with E-state index in [-0.39, 0.29) is 0 Å². The topological polar surface area (TPSA) is 38.9 Å². The van der Waals surface area contributed by atoms with Gasteiger partial charge in [-0.1, -0.05) is 29.8 Å². The van der Waals surface area contributed by atoms with Crippen molar-refractivity contribution in [3.8, 4) is 11.4 Å². The van der Waals surface area contributed by atoms with Gasteiger partial charge in [-0.25, -0.2) is 9.97 Å². The minimum Gasteiger partial charge on any atom is -0.461 e. The zero-order valence-electron chi connectivity index (χ0n) is 10.4. The van der Waals surface area contributed by atoms with E-state index in [4.69, 9.17) is 16.0 Å². The van der Waals surface area contributed by atoms with Crippen LogP contribution in [0.4, 0.5) is 0 Å². The molecule has 0 fully saturated rings. The summed E-state index contributed by atoms with van der Waals surface area (Å²) in [7, 11) is 0. The van der Waals surface area contributed by atoms with Gasteiger partial charge in [0.15, 0.2) is 5.82 Å². The minimum atomic E-state index is 0.409. The zero-order chi connectivity index (χ0) is 13.6. The first-order valence-electron chi connectivity index (χ1n) is 5.76. The molecule has 0 N–H and O–H groups in total. The third-order valence-electron chi connectivity index (χ3n) is 2.97. The summed E-state index contributed by atoms with van der Waals surface area (Å²) in [6, 6.07) is 7.83. The Morgan fingerprint density at radius 1 is 1.16 bits per heavy atom. The van der Waals surface area contributed by atoms with Crippen molar-refractivity contribution in [3.63, 3.8) is 0 Å². The standard InChI is InChI=1S/C14H10BrClN2O/c1-7-12(15)13(16)18-14(17-7)11-8(2)19-10-6-4-3-5-9(10)11/h3-6H,1-2H3. The first-order valence-corrected chi connectivity index (χ1v) is 6.93. The third-order valence-corrected chi connectivity index (χ3v) is 4.42. The number of halogens is 2. The maximum absolute atomic E-state index is 6.11. The van der Waals surface area contributed by atoms with Crippen LogP contribution in [0.1, 0.15) is 11.5 Å². The predicted octanol–water partition coefficient (Wildman–Crippen LogP) is 4.92. The maximum Gasteiger partial charge on any atom is 0.165 e. The second-order valence-electron chi connectivity index (χ2n) is 4.27. The molecule has 0 bridgehead atoms. The second-order valence-corrected chi connectivity index (χ2v) is 5.42. The molecule has 0 saturated carbocycles. The van der Waals surface area contributed by atoms with Crippen molar-refractivity contribution < 1.29 is 4.42 Å². The maximum atomic E-state index is 6.11. The van der Waals surface area contributed by atoms with E-state index in [0.717, 1.165) is 32.5 Å². The molecule has 0 unspecified atom stereocenters. The first kappa shape index (κ1) is 12.6. The van der Waals surface area contributed by atoms with Crippen molar-refractivity contribution in [2.45, 2.75) is 13.8 Å². The largest absolute Gasteiger partial charge is 0.461 e. The fourth-order valence-corrected chi connectivity index (χ4v) is 2.48. The quantitative estimate of drug-likeness (QED) is 0.591. The summed E-state index contributed by atoms with van der Waals surface area (Å²) in [4.78, 5) is 8.82. The van der Waals surface area contributed by atoms with Crippen LogP contribution < -0.4 is 0 Å². The van der Waals surface area contributed by atoms with Gasteiger partial charge in [0.1, 0.15) is 16.5 Å². The summed E-state index contributed by atoms with van der Waals surface area (Å²) in [5.74, 6) is 1.38. The van der Waals surface area contributed by atoms with E-state index in [0.29, 0.717) is 11.0 Å². The van der Waals surface area contributed by atoms with E-state index in [1.807, 2.05) is 38.1 Å². The monoisotopic (exact) mass is 336 g/mol. The highest BCUT2D eigenvalue weighted by atomic mass is 79.9. The molecule has 0 spiro atoms. The first-order chi connectivity index (χ1) is 9.08. The van der Waals surface area contributed by atoms with Crippen LogP contribution in [0.25, 0.3) is 22.4 Å². The lowest BCUT2D eigenvalue weighted by Crippen LogP contribution is -1.95. The molecule has 0 radical (unpaired) electrons. The molecule has 0 aliphatic rings. The van der Waals surface area contributed by atoms with Crippen molar-refractivity contribution in [3.05, 3.63) is 45.3 Å². The van der Waals surface area contributed by atoms with Gasteiger partial charge in [-0.05, 0) is 35.8 Å². The molecular weight excluding hydrogens is 328 g/mol. The average Bonchev–Trinajstić information content (AvgIpc) is 2.71. The van der Waals surface area contributed by atoms with Gasteiger partial charge < -0.3 is 4.42 Å². The minimum absolute atomic E-state index is 0.409. The molecule has 0 amide bonds. The van der Waals surface area contributed by atoms with Gasteiger partial charge >= 0.3 is 0 Å². The van der Waals surface area contributed by atoms with Crippen molar-refractivity contribution >= 4 is 38.5 Å². The smallest absolute Gasteiger partial charge is 0.165 e. The Kier molecular flexibility index (Phi) is 3.07. The number of rotatable bonds is 1. The lowest BCUT2D eigenvalue weighted by Gasteiger charge is -2.04. The van der Waals surface area contributed by atoms with Crippen LogP contribution in [-0.4, -0.2) is 9.97 Å². The summed E-state index contributed by atoms with van der Waals surface area (Å²) in [6.07, 6.45) is 0. The summed E-state index contributed by atoms with van der Waals surface area (Å²) in [5.41, 5.74) is 2.53. The van der Waals surface area contributed by atoms with Crippen LogP contribution in [-0.2, 0) is 0 Å². The molecule has 2 aromatic heterocycles. The molecular formula is C14H10BrClN2O. The number of aryl methyl sites for hydroxylation is 2. The normalized spacial score (nSPS) is 11.2. The average molecular weight is 338 g/mol. The van der Waals surface area contributed by atoms with Gasteiger partial charge in [-0.15, -0.1) is 0 Å². The van der Waals surface area contributed by atoms with Crippen LogP contribution in [0, 0.1) is 13.8 Å². The van der Waals surface area contributed by atoms with E-state index < -0.39 is 0 Å². The Morgan fingerprint density at radius 3 is 2.63 bits per heavy atom. The van der Waals surface area contributed by atoms with Gasteiger partial charge in [0, 0.05) is 5.39 Å². The number of benzene rings is 1. The van der Waals surface area contributed by atoms with Crippen molar-refractivity contribution in [1.82, 2.24) is 9.97 Å². The van der Waals surface area contributed by atoms with Gasteiger partial charge in [-0.2, -0.15) is 0 Å². The highest BCUT2D eigenvalue weighted by Crippen LogP contribution is 2.34. The van der Waals surface area contributed by atoms with Crippen LogP contribution >= 0.6 is 27.5 Å². The predicted molar refractivity (Wildman–Crippen MR) is 79.4 cm³/mol. The fraction of sp³-hybridized carbons (Fsp3) is 0.143. The van der Waals surface area contributed by atoms with Crippen LogP contribution in [0.5, 0.6) is 0 Å². The second kappa shape index (κ2) is 4.62. The summed E-state index contributed by atoms with van der Waals surface area (Å²) in [5, 5.41) is 1.41. The lowest BCUT2D eigenvalue weighted by molar-refractivity contribution is 0.579. The number of hydrogen-bond acceptors (Lipinski definition) is 3. The Morgan fingerprint density at radius 2 is 1.89 bits per heavy atom. The molecule has 1 aromatic carbocycles. The molecule has 3 aromatic rings. The number of hydrogen-bond donors (Lipinski definition) is 0. The molecule has 3 nitrogen and oxygen atoms in total. The van der Waals surface area contributed by atoms with Gasteiger partial charge in [0.2, 0.25) is 0 Å². The zero-order valence-corrected chi connectivity index (χ0v) is 12.7. The number of nitrogens with zero attached hydrogens (tertiary/aromatic N) is 2. The highest BCUT2D eigenvalue weighted by molar-refractivity contribution is 9.10. The molecule has 3 rings (SSSR count). The van der Waals surface area contributed by atoms with E-state index in [9.17, 15) is 0 Å². The molecule has 0 atom stereocenters. The number of furan rings is 1. The van der Waals surface area contributed by atoms with Crippen LogP contribution in [0.2, 0.25) is 5.15 Å². The SMILES string of the molecule is Cc1nc(-c2c(C)oc3ccccc23)nc(Cl)c1Br. The molecule has 0 saturated heterocycles. The van der Waals surface area contributed by atoms with E-state index in [1.165, 1.54) is 0 Å². The molecule has 0 aliphatic heterocycles. The Labute approximate surface area is 123 Å². The van der Waals surface area contributed by atoms with E-state index >= 15 is 0 Å². The summed E-state index contributed by atoms with van der Waals surface area (Å²) >= 11 is 9.48. The number of para-hydroxylation sites is 1. The van der Waals surface area contributed by atoms with E-state index in [1.54, 1.807) is 0 Å². The molecule has 96 valence electrons. The highest BCUT2D eigenvalue weighted by Gasteiger charge is 2.17. The van der Waals surface area contributed by atoms with Crippen LogP contribution in [0.15, 0.2) is 33.2 Å². The molecule has 5 heteroatoms. The van der Waals surface area contributed by atoms with E-state index in [2.05, 4.69) is 25.9 Å². The van der Waals surface area contributed by atoms with Gasteiger partial charge in [0.25, 0.3) is 0 Å². The van der Waals surface area contributed by atoms with Gasteiger partial charge in [0.05, 0.1) is 15.7 Å². The van der Waals surface area contributed by atoms with Crippen molar-refractivity contribution in [2.24, 2.45) is 0 Å². The summed E-state index contributed by atoms with van der Waals surface area (Å²) < 4.78 is 6.45. The third kappa shape index (κ3) is 2.05. The Hall–Kier alpha value is -1.39. The van der Waals surface area contributed by atoms with Crippen LogP contribution in [0.3, 0.4) is 0 Å². The molecule has 0 aliphatic carbocycles. The Bertz CT molecular complexity index is 759. The molecule has 2 heterocycles. The van der Waals surface area contributed by atoms with Crippen molar-refractivity contribution in [2.75, 3.05) is 0 Å². The Balaban J connectivity index is 2.33. The fourth-order valence-electron chi connectivity index (χ4n) is 2.08. The molecule has 19 heavy (non-hydrogen) atoms. The number of fused-ring (bicyclic) bond motifs is 1.